The molecule has 0 unspecified atom stereocenters. The lowest BCUT2D eigenvalue weighted by atomic mass is 9.43. The highest BCUT2D eigenvalue weighted by Gasteiger charge is 2.62. The monoisotopic (exact) mass is 344 g/mol. The lowest BCUT2D eigenvalue weighted by Crippen LogP contribution is -2.62. The summed E-state index contributed by atoms with van der Waals surface area (Å²) in [5, 5.41) is 19.9. The van der Waals surface area contributed by atoms with Gasteiger partial charge < -0.3 is 14.9 Å². The summed E-state index contributed by atoms with van der Waals surface area (Å²) in [6, 6.07) is 3.32. The molecule has 138 valence electrons. The molecule has 2 N–H and O–H groups in total. The second-order valence-corrected chi connectivity index (χ2v) is 10.00. The van der Waals surface area contributed by atoms with Crippen LogP contribution in [0.3, 0.4) is 0 Å². The van der Waals surface area contributed by atoms with Gasteiger partial charge in [0.2, 0.25) is 0 Å². The summed E-state index contributed by atoms with van der Waals surface area (Å²) in [6.07, 6.45) is 6.13. The van der Waals surface area contributed by atoms with Crippen molar-refractivity contribution in [1.29, 1.82) is 0 Å². The van der Waals surface area contributed by atoms with Crippen molar-refractivity contribution in [1.82, 2.24) is 0 Å². The van der Waals surface area contributed by atoms with Gasteiger partial charge in [0.1, 0.15) is 11.4 Å². The average Bonchev–Trinajstić information content (AvgIpc) is 2.48. The van der Waals surface area contributed by atoms with Crippen LogP contribution in [0.25, 0.3) is 0 Å². The van der Waals surface area contributed by atoms with Crippen LogP contribution < -0.4 is 4.74 Å². The standard InChI is InChI=1S/C22H32O3/c1-13-14-11-15(23)16(24)12-17(14)25-22(5)10-7-18-20(2,3)8-6-9-21(18,4)19(13)22/h11-13,18-19,23-24H,6-10H2,1-5H3/t13-,18-,19+,21-,22-/m0/s1. The molecule has 2 saturated carbocycles. The van der Waals surface area contributed by atoms with Crippen LogP contribution in [0.1, 0.15) is 78.2 Å². The van der Waals surface area contributed by atoms with Gasteiger partial charge >= 0.3 is 0 Å². The second-order valence-electron chi connectivity index (χ2n) is 10.00. The van der Waals surface area contributed by atoms with Gasteiger partial charge in [-0.05, 0) is 61.3 Å². The number of hydrogen-bond acceptors (Lipinski definition) is 3. The summed E-state index contributed by atoms with van der Waals surface area (Å²) in [5.41, 5.74) is 1.47. The second kappa shape index (κ2) is 5.08. The first-order valence-corrected chi connectivity index (χ1v) is 9.83. The van der Waals surface area contributed by atoms with E-state index in [1.807, 2.05) is 0 Å². The zero-order valence-electron chi connectivity index (χ0n) is 16.2. The minimum atomic E-state index is -0.200. The predicted octanol–water partition coefficient (Wildman–Crippen LogP) is 5.60. The van der Waals surface area contributed by atoms with Crippen molar-refractivity contribution in [2.75, 3.05) is 0 Å². The summed E-state index contributed by atoms with van der Waals surface area (Å²) in [4.78, 5) is 0. The van der Waals surface area contributed by atoms with Crippen LogP contribution in [0.5, 0.6) is 17.2 Å². The van der Waals surface area contributed by atoms with E-state index < -0.39 is 0 Å². The molecular formula is C22H32O3. The number of phenols is 2. The van der Waals surface area contributed by atoms with E-state index in [0.717, 1.165) is 17.7 Å². The van der Waals surface area contributed by atoms with Crippen LogP contribution >= 0.6 is 0 Å². The summed E-state index contributed by atoms with van der Waals surface area (Å²) < 4.78 is 6.54. The molecule has 0 saturated heterocycles. The molecule has 5 atom stereocenters. The quantitative estimate of drug-likeness (QED) is 0.603. The van der Waals surface area contributed by atoms with Crippen LogP contribution in [0, 0.1) is 22.7 Å². The van der Waals surface area contributed by atoms with Gasteiger partial charge in [0.05, 0.1) is 0 Å². The van der Waals surface area contributed by atoms with Gasteiger partial charge in [-0.1, -0.05) is 34.1 Å². The number of aromatic hydroxyl groups is 2. The smallest absolute Gasteiger partial charge is 0.161 e. The highest BCUT2D eigenvalue weighted by atomic mass is 16.5. The van der Waals surface area contributed by atoms with Crippen molar-refractivity contribution in [2.24, 2.45) is 22.7 Å². The molecule has 2 fully saturated rings. The molecule has 2 aliphatic carbocycles. The van der Waals surface area contributed by atoms with Crippen molar-refractivity contribution in [3.63, 3.8) is 0 Å². The third kappa shape index (κ3) is 2.23. The molecule has 1 aromatic carbocycles. The number of rotatable bonds is 0. The third-order valence-corrected chi connectivity index (χ3v) is 8.01. The van der Waals surface area contributed by atoms with E-state index in [1.165, 1.54) is 25.7 Å². The van der Waals surface area contributed by atoms with Crippen LogP contribution in [0.15, 0.2) is 12.1 Å². The van der Waals surface area contributed by atoms with Gasteiger partial charge in [0.15, 0.2) is 11.5 Å². The fourth-order valence-corrected chi connectivity index (χ4v) is 7.21. The van der Waals surface area contributed by atoms with Crippen LogP contribution in [-0.4, -0.2) is 15.8 Å². The Hall–Kier alpha value is -1.38. The third-order valence-electron chi connectivity index (χ3n) is 8.01. The number of phenolic OH excluding ortho intramolecular Hbond substituents is 2. The zero-order valence-corrected chi connectivity index (χ0v) is 16.2. The van der Waals surface area contributed by atoms with Crippen molar-refractivity contribution in [3.05, 3.63) is 17.7 Å². The fourth-order valence-electron chi connectivity index (χ4n) is 7.21. The summed E-state index contributed by atoms with van der Waals surface area (Å²) in [6.45, 7) is 11.9. The first kappa shape index (κ1) is 17.1. The van der Waals surface area contributed by atoms with E-state index >= 15 is 0 Å². The molecule has 0 radical (unpaired) electrons. The van der Waals surface area contributed by atoms with E-state index in [2.05, 4.69) is 34.6 Å². The van der Waals surface area contributed by atoms with E-state index in [-0.39, 0.29) is 22.5 Å². The average molecular weight is 344 g/mol. The Morgan fingerprint density at radius 2 is 1.68 bits per heavy atom. The van der Waals surface area contributed by atoms with Gasteiger partial charge in [-0.15, -0.1) is 0 Å². The molecule has 3 heteroatoms. The summed E-state index contributed by atoms with van der Waals surface area (Å²) in [7, 11) is 0. The van der Waals surface area contributed by atoms with E-state index in [9.17, 15) is 10.2 Å². The first-order valence-electron chi connectivity index (χ1n) is 9.83. The summed E-state index contributed by atoms with van der Waals surface area (Å²) in [5.74, 6) is 2.06. The van der Waals surface area contributed by atoms with Gasteiger partial charge in [0, 0.05) is 17.5 Å². The van der Waals surface area contributed by atoms with Gasteiger partial charge in [-0.3, -0.25) is 0 Å². The first-order chi connectivity index (χ1) is 11.6. The maximum atomic E-state index is 10.0. The number of fused-ring (bicyclic) bond motifs is 4. The molecular weight excluding hydrogens is 312 g/mol. The number of benzene rings is 1. The predicted molar refractivity (Wildman–Crippen MR) is 99.2 cm³/mol. The van der Waals surface area contributed by atoms with Crippen molar-refractivity contribution < 1.29 is 14.9 Å². The number of hydrogen-bond donors (Lipinski definition) is 2. The Morgan fingerprint density at radius 3 is 2.40 bits per heavy atom. The van der Waals surface area contributed by atoms with Crippen LogP contribution in [-0.2, 0) is 0 Å². The van der Waals surface area contributed by atoms with Crippen molar-refractivity contribution in [2.45, 2.75) is 78.2 Å². The highest BCUT2D eigenvalue weighted by Crippen LogP contribution is 2.67. The van der Waals surface area contributed by atoms with Gasteiger partial charge in [0.25, 0.3) is 0 Å². The van der Waals surface area contributed by atoms with Gasteiger partial charge in [-0.2, -0.15) is 0 Å². The molecule has 0 amide bonds. The maximum Gasteiger partial charge on any atom is 0.161 e. The molecule has 25 heavy (non-hydrogen) atoms. The Labute approximate surface area is 151 Å². The summed E-state index contributed by atoms with van der Waals surface area (Å²) >= 11 is 0. The van der Waals surface area contributed by atoms with Gasteiger partial charge in [-0.25, -0.2) is 0 Å². The lowest BCUT2D eigenvalue weighted by Gasteiger charge is -2.64. The topological polar surface area (TPSA) is 49.7 Å². The van der Waals surface area contributed by atoms with Crippen molar-refractivity contribution in [3.8, 4) is 17.2 Å². The van der Waals surface area contributed by atoms with E-state index in [4.69, 9.17) is 4.74 Å². The molecule has 1 aliphatic heterocycles. The Balaban J connectivity index is 1.84. The molecule has 0 bridgehead atoms. The minimum absolute atomic E-state index is 0.0423. The van der Waals surface area contributed by atoms with Crippen LogP contribution in [0.2, 0.25) is 0 Å². The molecule has 3 aliphatic rings. The Morgan fingerprint density at radius 1 is 1.00 bits per heavy atom. The van der Waals surface area contributed by atoms with E-state index in [0.29, 0.717) is 23.2 Å². The SMILES string of the molecule is C[C@H]1c2cc(O)c(O)cc2O[C@@]2(C)CC[C@H]3C(C)(C)CCC[C@]3(C)[C@@H]12. The Kier molecular flexibility index (Phi) is 3.47. The molecule has 1 heterocycles. The molecule has 1 aromatic rings. The molecule has 3 nitrogen and oxygen atoms in total. The van der Waals surface area contributed by atoms with Crippen LogP contribution in [0.4, 0.5) is 0 Å². The fraction of sp³-hybridized carbons (Fsp3) is 0.727. The normalized spacial score (nSPS) is 41.9. The minimum Gasteiger partial charge on any atom is -0.504 e. The molecule has 0 spiro atoms. The largest absolute Gasteiger partial charge is 0.504 e. The zero-order chi connectivity index (χ0) is 18.2. The molecule has 0 aromatic heterocycles. The highest BCUT2D eigenvalue weighted by molar-refractivity contribution is 5.52. The molecule has 4 rings (SSSR count). The van der Waals surface area contributed by atoms with Crippen molar-refractivity contribution >= 4 is 0 Å². The maximum absolute atomic E-state index is 10.0. The van der Waals surface area contributed by atoms with E-state index in [1.54, 1.807) is 12.1 Å². The Bertz CT molecular complexity index is 709. The lowest BCUT2D eigenvalue weighted by molar-refractivity contribution is -0.171. The number of ether oxygens (including phenoxy) is 1.